The zero-order chi connectivity index (χ0) is 32.0. The molecule has 2 aliphatic heterocycles. The summed E-state index contributed by atoms with van der Waals surface area (Å²) in [6.07, 6.45) is 2.13. The van der Waals surface area contributed by atoms with E-state index in [1.807, 2.05) is 0 Å². The van der Waals surface area contributed by atoms with Crippen molar-refractivity contribution in [3.05, 3.63) is 0 Å². The van der Waals surface area contributed by atoms with Crippen molar-refractivity contribution in [3.63, 3.8) is 0 Å². The lowest BCUT2D eigenvalue weighted by molar-refractivity contribution is -0.445. The van der Waals surface area contributed by atoms with E-state index >= 15 is 0 Å². The van der Waals surface area contributed by atoms with Crippen LogP contribution < -0.4 is 0 Å². The first-order chi connectivity index (χ1) is 20.5. The van der Waals surface area contributed by atoms with Gasteiger partial charge in [-0.15, -0.1) is 0 Å². The molecule has 13 heteroatoms. The molecule has 0 amide bonds. The number of aliphatic carboxylic acids is 1. The lowest BCUT2D eigenvalue weighted by atomic mass is 9.81. The first-order valence-corrected chi connectivity index (χ1v) is 16.1. The Morgan fingerprint density at radius 2 is 1.14 bits per heavy atom. The largest absolute Gasteiger partial charge is 0.481 e. The van der Waals surface area contributed by atoms with Crippen LogP contribution in [0.3, 0.4) is 0 Å². The Hall–Kier alpha value is -0.970. The number of rotatable bonds is 22. The highest BCUT2D eigenvalue weighted by atomic mass is 16.8. The van der Waals surface area contributed by atoms with Crippen LogP contribution in [-0.4, -0.2) is 126 Å². The number of unbranched alkanes of at least 4 members (excludes halogenated alkanes) is 13. The van der Waals surface area contributed by atoms with Crippen molar-refractivity contribution in [2.24, 2.45) is 5.92 Å². The smallest absolute Gasteiger partial charge is 0.312 e. The molecule has 43 heavy (non-hydrogen) atoms. The van der Waals surface area contributed by atoms with Gasteiger partial charge in [0.2, 0.25) is 11.6 Å². The van der Waals surface area contributed by atoms with Gasteiger partial charge in [-0.2, -0.15) is 0 Å². The molecule has 2 saturated heterocycles. The summed E-state index contributed by atoms with van der Waals surface area (Å²) in [5, 5.41) is 92.8. The molecule has 0 aromatic carbocycles. The van der Waals surface area contributed by atoms with Gasteiger partial charge in [0.25, 0.3) is 0 Å². The zero-order valence-corrected chi connectivity index (χ0v) is 25.5. The molecule has 2 fully saturated rings. The molecule has 0 spiro atoms. The molecule has 0 saturated carbocycles. The number of aliphatic hydroxyl groups is 8. The van der Waals surface area contributed by atoms with Crippen LogP contribution in [0.15, 0.2) is 0 Å². The molecule has 0 bridgehead atoms. The van der Waals surface area contributed by atoms with Gasteiger partial charge in [0.1, 0.15) is 55.3 Å². The molecule has 0 aromatic rings. The number of carbonyl (C=O) groups is 1. The highest BCUT2D eigenvalue weighted by Crippen LogP contribution is 2.45. The van der Waals surface area contributed by atoms with Gasteiger partial charge < -0.3 is 60.2 Å². The predicted octanol–water partition coefficient (Wildman–Crippen LogP) is 0.547. The highest BCUT2D eigenvalue weighted by molar-refractivity contribution is 5.71. The number of carboxylic acids is 1. The van der Waals surface area contributed by atoms with E-state index in [4.69, 9.17) is 14.2 Å². The molecule has 2 unspecified atom stereocenters. The summed E-state index contributed by atoms with van der Waals surface area (Å²) in [4.78, 5) is 12.6. The summed E-state index contributed by atoms with van der Waals surface area (Å²) >= 11 is 0. The van der Waals surface area contributed by atoms with Gasteiger partial charge in [-0.3, -0.25) is 4.79 Å². The lowest BCUT2D eigenvalue weighted by Gasteiger charge is -2.53. The Balaban J connectivity index is 2.05. The fourth-order valence-electron chi connectivity index (χ4n) is 6.17. The summed E-state index contributed by atoms with van der Waals surface area (Å²) in [6, 6.07) is 0. The standard InChI is InChI=1S/C30H56O13/c1-2-3-4-5-6-7-8-9-10-11-12-13-14-15-16-20(28(39)40)30(27(38)25(36)23(34)21(17-31)42-30)43-29(19-33)26(37)24(35)22(18-32)41-29/h20-27,31-38H,2-19H2,1H3,(H,39,40)/t20?,21-,22-,23-,24-,25+,26+,27-,29?,30+/m1/s1. The summed E-state index contributed by atoms with van der Waals surface area (Å²) in [5.41, 5.74) is 0. The van der Waals surface area contributed by atoms with Gasteiger partial charge in [-0.05, 0) is 6.42 Å². The van der Waals surface area contributed by atoms with Crippen molar-refractivity contribution in [3.8, 4) is 0 Å². The topological polar surface area (TPSA) is 227 Å². The second-order valence-corrected chi connectivity index (χ2v) is 12.1. The van der Waals surface area contributed by atoms with Crippen molar-refractivity contribution in [1.29, 1.82) is 0 Å². The first-order valence-electron chi connectivity index (χ1n) is 16.1. The maximum atomic E-state index is 12.6. The Labute approximate surface area is 254 Å². The molecule has 2 heterocycles. The number of hydrogen-bond donors (Lipinski definition) is 9. The third kappa shape index (κ3) is 9.76. The Morgan fingerprint density at radius 3 is 1.56 bits per heavy atom. The summed E-state index contributed by atoms with van der Waals surface area (Å²) in [7, 11) is 0. The first kappa shape index (κ1) is 38.2. The van der Waals surface area contributed by atoms with Gasteiger partial charge in [0, 0.05) is 0 Å². The van der Waals surface area contributed by atoms with E-state index in [1.54, 1.807) is 0 Å². The van der Waals surface area contributed by atoms with E-state index in [9.17, 15) is 50.8 Å². The van der Waals surface area contributed by atoms with E-state index < -0.39 is 86.0 Å². The van der Waals surface area contributed by atoms with Gasteiger partial charge in [-0.1, -0.05) is 96.8 Å². The Kier molecular flexibility index (Phi) is 16.8. The molecule has 0 aromatic heterocycles. The fraction of sp³-hybridized carbons (Fsp3) is 0.967. The molecule has 9 N–H and O–H groups in total. The van der Waals surface area contributed by atoms with E-state index in [0.717, 1.165) is 25.7 Å². The van der Waals surface area contributed by atoms with Crippen LogP contribution in [-0.2, 0) is 19.0 Å². The highest BCUT2D eigenvalue weighted by Gasteiger charge is 2.66. The zero-order valence-electron chi connectivity index (χ0n) is 25.5. The molecular formula is C30H56O13. The third-order valence-electron chi connectivity index (χ3n) is 8.85. The normalized spacial score (nSPS) is 35.3. The van der Waals surface area contributed by atoms with E-state index in [2.05, 4.69) is 6.92 Å². The Bertz CT molecular complexity index is 785. The molecule has 0 aliphatic carbocycles. The SMILES string of the molecule is CCCCCCCCCCCCCCCCC(C(=O)O)[C@@]1(OC2(CO)O[C@H](CO)[C@@H](O)[C@@H]2O)O[C@H](CO)[C@@H](O)[C@H](O)[C@H]1O. The fourth-order valence-corrected chi connectivity index (χ4v) is 6.17. The molecule has 10 atom stereocenters. The van der Waals surface area contributed by atoms with Crippen molar-refractivity contribution in [2.45, 2.75) is 158 Å². The summed E-state index contributed by atoms with van der Waals surface area (Å²) in [6.45, 7) is -0.629. The molecule has 2 aliphatic rings. The quantitative estimate of drug-likeness (QED) is 0.0751. The van der Waals surface area contributed by atoms with Crippen LogP contribution >= 0.6 is 0 Å². The maximum Gasteiger partial charge on any atom is 0.312 e. The summed E-state index contributed by atoms with van der Waals surface area (Å²) in [5.74, 6) is -8.53. The van der Waals surface area contributed by atoms with Crippen molar-refractivity contribution in [2.75, 3.05) is 19.8 Å². The van der Waals surface area contributed by atoms with E-state index in [0.29, 0.717) is 12.8 Å². The second-order valence-electron chi connectivity index (χ2n) is 12.1. The molecular weight excluding hydrogens is 568 g/mol. The Morgan fingerprint density at radius 1 is 0.674 bits per heavy atom. The minimum atomic E-state index is -2.73. The van der Waals surface area contributed by atoms with Gasteiger partial charge in [-0.25, -0.2) is 0 Å². The monoisotopic (exact) mass is 624 g/mol. The van der Waals surface area contributed by atoms with E-state index in [1.165, 1.54) is 51.4 Å². The van der Waals surface area contributed by atoms with Crippen molar-refractivity contribution >= 4 is 5.97 Å². The van der Waals surface area contributed by atoms with Crippen LogP contribution in [0.4, 0.5) is 0 Å². The molecule has 0 radical (unpaired) electrons. The third-order valence-corrected chi connectivity index (χ3v) is 8.85. The minimum Gasteiger partial charge on any atom is -0.481 e. The number of carboxylic acid groups (broad SMARTS) is 1. The van der Waals surface area contributed by atoms with Gasteiger partial charge in [0.15, 0.2) is 0 Å². The van der Waals surface area contributed by atoms with Crippen LogP contribution in [0.1, 0.15) is 103 Å². The average Bonchev–Trinajstić information content (AvgIpc) is 3.24. The van der Waals surface area contributed by atoms with Crippen molar-refractivity contribution in [1.82, 2.24) is 0 Å². The number of ether oxygens (including phenoxy) is 3. The number of aliphatic hydroxyl groups excluding tert-OH is 8. The molecule has 254 valence electrons. The van der Waals surface area contributed by atoms with Crippen LogP contribution in [0.5, 0.6) is 0 Å². The van der Waals surface area contributed by atoms with E-state index in [-0.39, 0.29) is 6.42 Å². The predicted molar refractivity (Wildman–Crippen MR) is 154 cm³/mol. The van der Waals surface area contributed by atoms with Crippen molar-refractivity contribution < 1.29 is 65.0 Å². The second kappa shape index (κ2) is 18.9. The minimum absolute atomic E-state index is 0.130. The number of hydrogen-bond acceptors (Lipinski definition) is 12. The van der Waals surface area contributed by atoms with Crippen LogP contribution in [0.2, 0.25) is 0 Å². The molecule has 13 nitrogen and oxygen atoms in total. The maximum absolute atomic E-state index is 12.6. The summed E-state index contributed by atoms with van der Waals surface area (Å²) < 4.78 is 16.9. The average molecular weight is 625 g/mol. The van der Waals surface area contributed by atoms with Gasteiger partial charge >= 0.3 is 5.97 Å². The van der Waals surface area contributed by atoms with Crippen LogP contribution in [0.25, 0.3) is 0 Å². The van der Waals surface area contributed by atoms with Crippen LogP contribution in [0, 0.1) is 5.92 Å². The van der Waals surface area contributed by atoms with Gasteiger partial charge in [0.05, 0.1) is 13.2 Å². The molecule has 2 rings (SSSR count). The lowest BCUT2D eigenvalue weighted by Crippen LogP contribution is -2.72.